The Hall–Kier alpha value is -2.62. The van der Waals surface area contributed by atoms with Crippen molar-refractivity contribution >= 4 is 22.0 Å². The van der Waals surface area contributed by atoms with Gasteiger partial charge in [0.2, 0.25) is 11.8 Å². The Morgan fingerprint density at radius 3 is 2.49 bits per heavy atom. The molecule has 35 heavy (non-hydrogen) atoms. The predicted octanol–water partition coefficient (Wildman–Crippen LogP) is 1.55. The Morgan fingerprint density at radius 2 is 1.80 bits per heavy atom. The van der Waals surface area contributed by atoms with Crippen LogP contribution in [0.4, 0.5) is 8.78 Å². The maximum absolute atomic E-state index is 13.6. The molecule has 0 radical (unpaired) electrons. The van der Waals surface area contributed by atoms with Crippen LogP contribution in [0.3, 0.4) is 0 Å². The molecule has 3 fully saturated rings. The van der Waals surface area contributed by atoms with Crippen molar-refractivity contribution < 1.29 is 26.8 Å². The van der Waals surface area contributed by atoms with Crippen LogP contribution in [0.15, 0.2) is 18.2 Å². The van der Waals surface area contributed by atoms with Crippen molar-refractivity contribution in [2.75, 3.05) is 32.7 Å². The number of hydrogen-bond acceptors (Lipinski definition) is 5. The smallest absolute Gasteiger partial charge is 0.282 e. The minimum Gasteiger partial charge on any atom is -0.348 e. The highest BCUT2D eigenvalue weighted by Gasteiger charge is 2.44. The van der Waals surface area contributed by atoms with Gasteiger partial charge in [-0.2, -0.15) is 22.3 Å². The number of carbonyl (C=O) groups excluding carboxylic acids is 2. The lowest BCUT2D eigenvalue weighted by Gasteiger charge is -2.41. The molecule has 1 aromatic rings. The largest absolute Gasteiger partial charge is 0.348 e. The first-order valence-corrected chi connectivity index (χ1v) is 13.2. The van der Waals surface area contributed by atoms with Gasteiger partial charge in [-0.05, 0) is 50.3 Å². The van der Waals surface area contributed by atoms with Gasteiger partial charge in [-0.15, -0.1) is 0 Å². The predicted molar refractivity (Wildman–Crippen MR) is 122 cm³/mol. The van der Waals surface area contributed by atoms with E-state index in [-0.39, 0.29) is 37.4 Å². The van der Waals surface area contributed by atoms with E-state index in [0.29, 0.717) is 44.3 Å². The van der Waals surface area contributed by atoms with E-state index in [1.165, 1.54) is 19.6 Å². The molecule has 9 nitrogen and oxygen atoms in total. The molecule has 2 amide bonds. The number of benzene rings is 1. The number of likely N-dealkylation sites (tertiary alicyclic amines) is 1. The summed E-state index contributed by atoms with van der Waals surface area (Å²) in [5, 5.41) is 11.7. The van der Waals surface area contributed by atoms with E-state index in [2.05, 4.69) is 11.4 Å². The lowest BCUT2D eigenvalue weighted by molar-refractivity contribution is -0.142. The zero-order chi connectivity index (χ0) is 25.3. The minimum absolute atomic E-state index is 0.0466. The molecule has 1 aromatic carbocycles. The molecule has 0 bridgehead atoms. The minimum atomic E-state index is -3.73. The summed E-state index contributed by atoms with van der Waals surface area (Å²) in [7, 11) is -3.73. The Balaban J connectivity index is 1.39. The van der Waals surface area contributed by atoms with E-state index in [0.717, 1.165) is 12.1 Å². The first-order valence-electron chi connectivity index (χ1n) is 11.8. The molecule has 3 aliphatic heterocycles. The summed E-state index contributed by atoms with van der Waals surface area (Å²) in [6.45, 7) is 2.75. The van der Waals surface area contributed by atoms with E-state index in [1.807, 2.05) is 0 Å². The Labute approximate surface area is 203 Å². The van der Waals surface area contributed by atoms with Gasteiger partial charge < -0.3 is 10.2 Å². The summed E-state index contributed by atoms with van der Waals surface area (Å²) in [6.07, 6.45) is 2.17. The van der Waals surface area contributed by atoms with Gasteiger partial charge >= 0.3 is 0 Å². The first kappa shape index (κ1) is 25.5. The van der Waals surface area contributed by atoms with Gasteiger partial charge in [0.05, 0.1) is 23.9 Å². The molecule has 190 valence electrons. The molecule has 0 spiro atoms. The fraction of sp³-hybridized carbons (Fsp3) is 0.609. The summed E-state index contributed by atoms with van der Waals surface area (Å²) in [6, 6.07) is 4.21. The van der Waals surface area contributed by atoms with E-state index >= 15 is 0 Å². The van der Waals surface area contributed by atoms with Crippen LogP contribution < -0.4 is 5.32 Å². The second-order valence-corrected chi connectivity index (χ2v) is 11.4. The third-order valence-electron chi connectivity index (χ3n) is 7.06. The molecular formula is C23H29F2N5O4S. The van der Waals surface area contributed by atoms with Crippen molar-refractivity contribution in [2.45, 2.75) is 44.7 Å². The monoisotopic (exact) mass is 509 g/mol. The summed E-state index contributed by atoms with van der Waals surface area (Å²) in [5.41, 5.74) is 0.408. The second kappa shape index (κ2) is 10.2. The van der Waals surface area contributed by atoms with Gasteiger partial charge in [0.15, 0.2) is 11.6 Å². The molecule has 12 heteroatoms. The number of piperidine rings is 1. The summed E-state index contributed by atoms with van der Waals surface area (Å²) >= 11 is 0. The zero-order valence-electron chi connectivity index (χ0n) is 19.5. The number of rotatable bonds is 6. The normalized spacial score (nSPS) is 25.0. The van der Waals surface area contributed by atoms with Gasteiger partial charge in [-0.3, -0.25) is 9.59 Å². The van der Waals surface area contributed by atoms with Crippen LogP contribution in [-0.4, -0.2) is 72.5 Å². The molecule has 1 N–H and O–H groups in total. The average Bonchev–Trinajstić information content (AvgIpc) is 3.29. The maximum atomic E-state index is 13.6. The molecule has 0 aromatic heterocycles. The lowest BCUT2D eigenvalue weighted by Crippen LogP contribution is -2.57. The van der Waals surface area contributed by atoms with Crippen LogP contribution in [0.1, 0.15) is 44.2 Å². The van der Waals surface area contributed by atoms with Gasteiger partial charge in [-0.25, -0.2) is 8.78 Å². The quantitative estimate of drug-likeness (QED) is 0.625. The Kier molecular flexibility index (Phi) is 7.40. The standard InChI is InChI=1S/C23H29F2N5O4S/c1-15(17-6-7-19(24)20(25)10-17)27-22(31)21-5-3-9-30(21)23(32)18-4-2-8-28(14-18)35(33,34)29-12-16(11-26)13-29/h6-7,10,15-16,18,21H,2-5,8-9,12-14H2,1H3,(H,27,31)/t15-,18+,21-/m1/s1. The van der Waals surface area contributed by atoms with Crippen molar-refractivity contribution in [3.8, 4) is 6.07 Å². The van der Waals surface area contributed by atoms with Gasteiger partial charge in [-0.1, -0.05) is 6.07 Å². The maximum Gasteiger partial charge on any atom is 0.282 e. The van der Waals surface area contributed by atoms with E-state index in [4.69, 9.17) is 5.26 Å². The van der Waals surface area contributed by atoms with Crippen LogP contribution in [0, 0.1) is 34.8 Å². The second-order valence-electron chi connectivity index (χ2n) is 9.44. The summed E-state index contributed by atoms with van der Waals surface area (Å²) < 4.78 is 55.2. The fourth-order valence-corrected chi connectivity index (χ4v) is 6.73. The van der Waals surface area contributed by atoms with Crippen LogP contribution in [0.5, 0.6) is 0 Å². The molecule has 3 heterocycles. The Morgan fingerprint density at radius 1 is 1.09 bits per heavy atom. The van der Waals surface area contributed by atoms with Crippen molar-refractivity contribution in [1.29, 1.82) is 5.26 Å². The van der Waals surface area contributed by atoms with Crippen LogP contribution in [0.2, 0.25) is 0 Å². The number of nitrogens with zero attached hydrogens (tertiary/aromatic N) is 4. The summed E-state index contributed by atoms with van der Waals surface area (Å²) in [4.78, 5) is 27.9. The molecule has 0 saturated carbocycles. The number of nitriles is 1. The molecule has 3 atom stereocenters. The molecule has 3 saturated heterocycles. The highest BCUT2D eigenvalue weighted by Crippen LogP contribution is 2.29. The molecule has 0 unspecified atom stereocenters. The van der Waals surface area contributed by atoms with Crippen LogP contribution >= 0.6 is 0 Å². The molecule has 3 aliphatic rings. The highest BCUT2D eigenvalue weighted by atomic mass is 32.2. The number of carbonyl (C=O) groups is 2. The van der Waals surface area contributed by atoms with Gasteiger partial charge in [0, 0.05) is 32.7 Å². The summed E-state index contributed by atoms with van der Waals surface area (Å²) in [5.74, 6) is -3.45. The molecule has 4 rings (SSSR count). The molecular weight excluding hydrogens is 480 g/mol. The Bertz CT molecular complexity index is 1140. The zero-order valence-corrected chi connectivity index (χ0v) is 20.3. The third kappa shape index (κ3) is 5.17. The molecule has 0 aliphatic carbocycles. The van der Waals surface area contributed by atoms with Crippen molar-refractivity contribution in [3.05, 3.63) is 35.4 Å². The van der Waals surface area contributed by atoms with Gasteiger partial charge in [0.1, 0.15) is 6.04 Å². The number of amides is 2. The number of halogens is 2. The highest BCUT2D eigenvalue weighted by molar-refractivity contribution is 7.86. The first-order chi connectivity index (χ1) is 16.6. The van der Waals surface area contributed by atoms with Crippen molar-refractivity contribution in [2.24, 2.45) is 11.8 Å². The fourth-order valence-electron chi connectivity index (χ4n) is 4.94. The lowest BCUT2D eigenvalue weighted by atomic mass is 9.97. The van der Waals surface area contributed by atoms with Gasteiger partial charge in [0.25, 0.3) is 10.2 Å². The van der Waals surface area contributed by atoms with Crippen molar-refractivity contribution in [1.82, 2.24) is 18.8 Å². The SMILES string of the molecule is C[C@@H](NC(=O)[C@H]1CCCN1C(=O)[C@H]1CCCN(S(=O)(=O)N2CC(C#N)C2)C1)c1ccc(F)c(F)c1. The number of nitrogens with one attached hydrogen (secondary N) is 1. The van der Waals surface area contributed by atoms with Crippen LogP contribution in [-0.2, 0) is 19.8 Å². The van der Waals surface area contributed by atoms with E-state index in [1.54, 1.807) is 6.92 Å². The van der Waals surface area contributed by atoms with E-state index in [9.17, 15) is 26.8 Å². The van der Waals surface area contributed by atoms with Crippen LogP contribution in [0.25, 0.3) is 0 Å². The van der Waals surface area contributed by atoms with Crippen molar-refractivity contribution in [3.63, 3.8) is 0 Å². The third-order valence-corrected chi connectivity index (χ3v) is 8.99. The number of hydrogen-bond donors (Lipinski definition) is 1. The van der Waals surface area contributed by atoms with E-state index < -0.39 is 39.8 Å². The topological polar surface area (TPSA) is 114 Å². The average molecular weight is 510 g/mol.